The van der Waals surface area contributed by atoms with Gasteiger partial charge in [0.15, 0.2) is 0 Å². The highest BCUT2D eigenvalue weighted by Crippen LogP contribution is 2.28. The Bertz CT molecular complexity index is 617. The molecule has 0 unspecified atom stereocenters. The Morgan fingerprint density at radius 2 is 2.19 bits per heavy atom. The van der Waals surface area contributed by atoms with Crippen molar-refractivity contribution < 1.29 is 9.90 Å². The van der Waals surface area contributed by atoms with Gasteiger partial charge in [0.25, 0.3) is 0 Å². The van der Waals surface area contributed by atoms with Crippen LogP contribution in [-0.2, 0) is 0 Å². The average molecular weight is 214 g/mol. The van der Waals surface area contributed by atoms with E-state index in [0.717, 1.165) is 0 Å². The largest absolute Gasteiger partial charge is 0.478 e. The normalized spacial score (nSPS) is 9.75. The molecule has 0 atom stereocenters. The number of fused-ring (bicyclic) bond motifs is 1. The van der Waals surface area contributed by atoms with Gasteiger partial charge in [-0.3, -0.25) is 4.98 Å². The zero-order valence-electron chi connectivity index (χ0n) is 8.03. The Morgan fingerprint density at radius 3 is 2.88 bits per heavy atom. The number of hydrogen-bond donors (Lipinski definition) is 1. The van der Waals surface area contributed by atoms with Gasteiger partial charge in [0.05, 0.1) is 16.8 Å². The minimum absolute atomic E-state index is 0.0978. The molecule has 0 aliphatic heterocycles. The van der Waals surface area contributed by atoms with Crippen molar-refractivity contribution >= 4 is 22.6 Å². The standard InChI is InChI=1S/C10H6N4O2/c11-14-13-9-6-3-1-2-4-8(6)12-5-7(9)10(15)16/h1-5H,(H,15,16). The molecule has 1 aromatic carbocycles. The number of carboxylic acid groups (broad SMARTS) is 1. The number of nitrogens with zero attached hydrogens (tertiary/aromatic N) is 4. The molecule has 0 saturated heterocycles. The van der Waals surface area contributed by atoms with Crippen LogP contribution in [0.5, 0.6) is 0 Å². The molecule has 0 spiro atoms. The Labute approximate surface area is 89.8 Å². The molecule has 0 bridgehead atoms. The van der Waals surface area contributed by atoms with Gasteiger partial charge in [0.1, 0.15) is 0 Å². The van der Waals surface area contributed by atoms with Gasteiger partial charge in [-0.1, -0.05) is 23.3 Å². The van der Waals surface area contributed by atoms with E-state index in [1.165, 1.54) is 6.20 Å². The first-order chi connectivity index (χ1) is 7.74. The van der Waals surface area contributed by atoms with Crippen molar-refractivity contribution in [2.45, 2.75) is 0 Å². The van der Waals surface area contributed by atoms with E-state index >= 15 is 0 Å². The van der Waals surface area contributed by atoms with Crippen molar-refractivity contribution in [2.24, 2.45) is 5.11 Å². The second-order valence-corrected chi connectivity index (χ2v) is 3.03. The minimum Gasteiger partial charge on any atom is -0.478 e. The number of rotatable bonds is 2. The van der Waals surface area contributed by atoms with Gasteiger partial charge in [0, 0.05) is 16.5 Å². The molecule has 78 valence electrons. The summed E-state index contributed by atoms with van der Waals surface area (Å²) in [5.74, 6) is -1.17. The first kappa shape index (κ1) is 9.95. The molecule has 6 heteroatoms. The maximum absolute atomic E-state index is 10.9. The topological polar surface area (TPSA) is 99.0 Å². The number of carboxylic acids is 1. The summed E-state index contributed by atoms with van der Waals surface area (Å²) in [6.07, 6.45) is 1.19. The lowest BCUT2D eigenvalue weighted by Gasteiger charge is -2.03. The molecule has 2 aromatic rings. The van der Waals surface area contributed by atoms with Crippen molar-refractivity contribution in [3.63, 3.8) is 0 Å². The van der Waals surface area contributed by atoms with Crippen molar-refractivity contribution in [1.82, 2.24) is 4.98 Å². The van der Waals surface area contributed by atoms with Crippen LogP contribution in [0.15, 0.2) is 35.6 Å². The summed E-state index contributed by atoms with van der Waals surface area (Å²) in [6.45, 7) is 0. The lowest BCUT2D eigenvalue weighted by atomic mass is 10.1. The highest BCUT2D eigenvalue weighted by atomic mass is 16.4. The van der Waals surface area contributed by atoms with Crippen LogP contribution in [0.1, 0.15) is 10.4 Å². The van der Waals surface area contributed by atoms with Crippen molar-refractivity contribution in [3.8, 4) is 0 Å². The fourth-order valence-electron chi connectivity index (χ4n) is 1.44. The van der Waals surface area contributed by atoms with Crippen molar-refractivity contribution in [3.05, 3.63) is 46.5 Å². The maximum atomic E-state index is 10.9. The minimum atomic E-state index is -1.17. The molecule has 6 nitrogen and oxygen atoms in total. The third-order valence-electron chi connectivity index (χ3n) is 2.12. The lowest BCUT2D eigenvalue weighted by molar-refractivity contribution is 0.0697. The molecule has 0 fully saturated rings. The molecule has 16 heavy (non-hydrogen) atoms. The summed E-state index contributed by atoms with van der Waals surface area (Å²) < 4.78 is 0. The third-order valence-corrected chi connectivity index (χ3v) is 2.12. The van der Waals surface area contributed by atoms with E-state index in [0.29, 0.717) is 10.9 Å². The fourth-order valence-corrected chi connectivity index (χ4v) is 1.44. The third kappa shape index (κ3) is 1.53. The Morgan fingerprint density at radius 1 is 1.44 bits per heavy atom. The number of benzene rings is 1. The number of azide groups is 1. The molecule has 1 N–H and O–H groups in total. The number of hydrogen-bond acceptors (Lipinski definition) is 3. The summed E-state index contributed by atoms with van der Waals surface area (Å²) in [4.78, 5) is 17.5. The second-order valence-electron chi connectivity index (χ2n) is 3.03. The van der Waals surface area contributed by atoms with E-state index in [9.17, 15) is 4.79 Å². The molecule has 0 aliphatic carbocycles. The van der Waals surface area contributed by atoms with E-state index in [1.54, 1.807) is 24.3 Å². The van der Waals surface area contributed by atoms with Crippen LogP contribution in [0.3, 0.4) is 0 Å². The van der Waals surface area contributed by atoms with Crippen molar-refractivity contribution in [2.75, 3.05) is 0 Å². The van der Waals surface area contributed by atoms with Crippen LogP contribution in [0.4, 0.5) is 5.69 Å². The highest BCUT2D eigenvalue weighted by molar-refractivity contribution is 6.02. The number of carbonyl (C=O) groups is 1. The summed E-state index contributed by atoms with van der Waals surface area (Å²) in [6, 6.07) is 6.89. The van der Waals surface area contributed by atoms with E-state index < -0.39 is 5.97 Å². The SMILES string of the molecule is [N-]=[N+]=Nc1c(C(=O)O)cnc2ccccc12. The van der Waals surface area contributed by atoms with E-state index in [-0.39, 0.29) is 11.3 Å². The molecule has 0 radical (unpaired) electrons. The van der Waals surface area contributed by atoms with Crippen LogP contribution >= 0.6 is 0 Å². The number of pyridine rings is 1. The average Bonchev–Trinajstić information content (AvgIpc) is 2.29. The summed E-state index contributed by atoms with van der Waals surface area (Å²) >= 11 is 0. The Balaban J connectivity index is 2.89. The first-order valence-electron chi connectivity index (χ1n) is 4.40. The molecule has 0 saturated carbocycles. The summed E-state index contributed by atoms with van der Waals surface area (Å²) in [7, 11) is 0. The Kier molecular flexibility index (Phi) is 2.41. The van der Waals surface area contributed by atoms with Crippen LogP contribution in [-0.4, -0.2) is 16.1 Å². The van der Waals surface area contributed by atoms with Gasteiger partial charge in [-0.15, -0.1) is 0 Å². The van der Waals surface area contributed by atoms with E-state index in [2.05, 4.69) is 15.0 Å². The first-order valence-corrected chi connectivity index (χ1v) is 4.40. The number of aromatic carboxylic acids is 1. The monoisotopic (exact) mass is 214 g/mol. The fraction of sp³-hybridized carbons (Fsp3) is 0. The van der Waals surface area contributed by atoms with Crippen LogP contribution in [0.25, 0.3) is 21.3 Å². The van der Waals surface area contributed by atoms with Crippen LogP contribution in [0, 0.1) is 0 Å². The number of aromatic nitrogens is 1. The number of para-hydroxylation sites is 1. The Hall–Kier alpha value is -2.59. The molecule has 2 rings (SSSR count). The van der Waals surface area contributed by atoms with E-state index in [1.807, 2.05) is 0 Å². The van der Waals surface area contributed by atoms with Gasteiger partial charge in [-0.2, -0.15) is 0 Å². The van der Waals surface area contributed by atoms with Gasteiger partial charge in [-0.25, -0.2) is 4.79 Å². The van der Waals surface area contributed by atoms with Gasteiger partial charge < -0.3 is 5.11 Å². The zero-order chi connectivity index (χ0) is 11.5. The zero-order valence-corrected chi connectivity index (χ0v) is 8.03. The molecular weight excluding hydrogens is 208 g/mol. The second kappa shape index (κ2) is 3.88. The van der Waals surface area contributed by atoms with E-state index in [4.69, 9.17) is 10.6 Å². The van der Waals surface area contributed by atoms with Gasteiger partial charge >= 0.3 is 5.97 Å². The predicted octanol–water partition coefficient (Wildman–Crippen LogP) is 2.87. The molecular formula is C10H6N4O2. The quantitative estimate of drug-likeness (QED) is 0.472. The lowest BCUT2D eigenvalue weighted by Crippen LogP contribution is -1.98. The predicted molar refractivity (Wildman–Crippen MR) is 57.5 cm³/mol. The van der Waals surface area contributed by atoms with Crippen molar-refractivity contribution in [1.29, 1.82) is 0 Å². The maximum Gasteiger partial charge on any atom is 0.337 e. The van der Waals surface area contributed by atoms with Crippen LogP contribution in [0.2, 0.25) is 0 Å². The van der Waals surface area contributed by atoms with Gasteiger partial charge in [-0.05, 0) is 11.6 Å². The van der Waals surface area contributed by atoms with Gasteiger partial charge in [0.2, 0.25) is 0 Å². The summed E-state index contributed by atoms with van der Waals surface area (Å²) in [5, 5.41) is 12.9. The van der Waals surface area contributed by atoms with Crippen LogP contribution < -0.4 is 0 Å². The smallest absolute Gasteiger partial charge is 0.337 e. The molecule has 1 aromatic heterocycles. The molecule has 0 amide bonds. The highest BCUT2D eigenvalue weighted by Gasteiger charge is 2.12. The molecule has 1 heterocycles. The molecule has 0 aliphatic rings. The summed E-state index contributed by atoms with van der Waals surface area (Å²) in [5.41, 5.74) is 9.02.